The number of piperazine rings is 1. The molecule has 6 aromatic rings. The molecule has 0 radical (unpaired) electrons. The van der Waals surface area contributed by atoms with Crippen LogP contribution < -0.4 is 0 Å². The minimum Gasteiger partial charge on any atom is -0.461 e. The van der Waals surface area contributed by atoms with Gasteiger partial charge in [-0.1, -0.05) is 95.6 Å². The topological polar surface area (TPSA) is 80.3 Å². The molecule has 4 heterocycles. The fourth-order valence-corrected chi connectivity index (χ4v) is 7.73. The molecule has 7 rings (SSSR count). The van der Waals surface area contributed by atoms with Crippen LogP contribution in [0.5, 0.6) is 0 Å². The predicted molar refractivity (Wildman–Crippen MR) is 183 cm³/mol. The summed E-state index contributed by atoms with van der Waals surface area (Å²) in [5, 5.41) is 13.1. The van der Waals surface area contributed by atoms with Gasteiger partial charge in [0.2, 0.25) is 5.82 Å². The maximum absolute atomic E-state index is 13.5. The van der Waals surface area contributed by atoms with Crippen molar-refractivity contribution in [2.75, 3.05) is 26.2 Å². The van der Waals surface area contributed by atoms with Gasteiger partial charge >= 0.3 is 0 Å². The largest absolute Gasteiger partial charge is 0.461 e. The molecule has 1 aliphatic rings. The monoisotopic (exact) mass is 686 g/mol. The fourth-order valence-electron chi connectivity index (χ4n) is 5.63. The second-order valence-electron chi connectivity index (χ2n) is 10.7. The molecule has 3 aromatic heterocycles. The summed E-state index contributed by atoms with van der Waals surface area (Å²) in [5.74, 6) is 1.51. The number of aromatic nitrogens is 4. The number of thiazole rings is 1. The number of rotatable bonds is 9. The van der Waals surface area contributed by atoms with E-state index in [1.807, 2.05) is 33.0 Å². The zero-order valence-electron chi connectivity index (χ0n) is 24.5. The van der Waals surface area contributed by atoms with Gasteiger partial charge in [0.05, 0.1) is 28.8 Å². The molecule has 0 aliphatic carbocycles. The van der Waals surface area contributed by atoms with Gasteiger partial charge in [0.1, 0.15) is 10.7 Å². The first-order chi connectivity index (χ1) is 22.5. The van der Waals surface area contributed by atoms with Gasteiger partial charge in [0.15, 0.2) is 10.9 Å². The van der Waals surface area contributed by atoms with Crippen LogP contribution in [0.2, 0.25) is 10.0 Å². The smallest absolute Gasteiger partial charge is 0.273 e. The van der Waals surface area contributed by atoms with E-state index in [2.05, 4.69) is 63.6 Å². The summed E-state index contributed by atoms with van der Waals surface area (Å²) < 4.78 is 7.44. The number of nitrogens with zero attached hydrogens (tertiary/aromatic N) is 6. The van der Waals surface area contributed by atoms with Crippen LogP contribution in [0, 0.1) is 0 Å². The van der Waals surface area contributed by atoms with E-state index in [-0.39, 0.29) is 11.9 Å². The van der Waals surface area contributed by atoms with Crippen molar-refractivity contribution in [1.29, 1.82) is 0 Å². The molecular formula is C34H28Cl2N6O2S2. The molecule has 1 amide bonds. The van der Waals surface area contributed by atoms with Crippen LogP contribution in [0.1, 0.15) is 32.7 Å². The van der Waals surface area contributed by atoms with E-state index in [9.17, 15) is 4.79 Å². The van der Waals surface area contributed by atoms with Gasteiger partial charge in [-0.05, 0) is 41.5 Å². The lowest BCUT2D eigenvalue weighted by Gasteiger charge is -2.39. The van der Waals surface area contributed by atoms with E-state index in [4.69, 9.17) is 32.6 Å². The van der Waals surface area contributed by atoms with E-state index in [1.54, 1.807) is 30.5 Å². The van der Waals surface area contributed by atoms with Crippen molar-refractivity contribution in [1.82, 2.24) is 29.5 Å². The second-order valence-corrected chi connectivity index (χ2v) is 13.4. The lowest BCUT2D eigenvalue weighted by molar-refractivity contribution is 0.0592. The molecule has 0 N–H and O–H groups in total. The molecule has 0 unspecified atom stereocenters. The minimum atomic E-state index is -0.0443. The summed E-state index contributed by atoms with van der Waals surface area (Å²) in [6.45, 7) is 2.81. The van der Waals surface area contributed by atoms with Crippen LogP contribution in [0.15, 0.2) is 112 Å². The Morgan fingerprint density at radius 3 is 2.28 bits per heavy atom. The molecule has 12 heteroatoms. The van der Waals surface area contributed by atoms with Crippen molar-refractivity contribution in [3.05, 3.63) is 135 Å². The molecule has 8 nitrogen and oxygen atoms in total. The maximum Gasteiger partial charge on any atom is 0.273 e. The van der Waals surface area contributed by atoms with Crippen molar-refractivity contribution < 1.29 is 9.21 Å². The van der Waals surface area contributed by atoms with Crippen molar-refractivity contribution in [2.24, 2.45) is 0 Å². The number of hydrogen-bond acceptors (Lipinski definition) is 8. The molecular weight excluding hydrogens is 659 g/mol. The molecule has 3 aromatic carbocycles. The number of thioether (sulfide) groups is 1. The van der Waals surface area contributed by atoms with Gasteiger partial charge in [0, 0.05) is 36.6 Å². The lowest BCUT2D eigenvalue weighted by atomic mass is 9.96. The Morgan fingerprint density at radius 1 is 0.891 bits per heavy atom. The average Bonchev–Trinajstić information content (AvgIpc) is 3.88. The molecule has 0 bridgehead atoms. The summed E-state index contributed by atoms with van der Waals surface area (Å²) in [6.07, 6.45) is 1.58. The Morgan fingerprint density at radius 2 is 1.61 bits per heavy atom. The number of hydrogen-bond donors (Lipinski definition) is 0. The zero-order valence-corrected chi connectivity index (χ0v) is 27.6. The van der Waals surface area contributed by atoms with Gasteiger partial charge in [-0.15, -0.1) is 21.5 Å². The highest BCUT2D eigenvalue weighted by atomic mass is 35.5. The van der Waals surface area contributed by atoms with Crippen LogP contribution in [-0.4, -0.2) is 61.6 Å². The SMILES string of the molecule is O=C(c1csc(CSc2nnc(-c3ccco3)n2-c2cc(Cl)ccc2Cl)n1)N1CCN(C(c2ccccc2)c2ccccc2)CC1. The molecule has 0 spiro atoms. The first-order valence-electron chi connectivity index (χ1n) is 14.7. The van der Waals surface area contributed by atoms with Crippen LogP contribution >= 0.6 is 46.3 Å². The van der Waals surface area contributed by atoms with Gasteiger partial charge in [-0.3, -0.25) is 14.3 Å². The molecule has 1 saturated heterocycles. The molecule has 1 fully saturated rings. The van der Waals surface area contributed by atoms with E-state index < -0.39 is 0 Å². The highest BCUT2D eigenvalue weighted by Gasteiger charge is 2.29. The summed E-state index contributed by atoms with van der Waals surface area (Å²) in [5.41, 5.74) is 3.61. The standard InChI is InChI=1S/C34H28Cl2N6O2S2/c35-25-13-14-26(36)28(20-25)42-32(29-12-7-19-44-29)38-39-34(42)46-22-30-37-27(21-45-30)33(43)41-17-15-40(16-18-41)31(23-8-3-1-4-9-23)24-10-5-2-6-11-24/h1-14,19-21,31H,15-18,22H2. The number of benzene rings is 3. The second kappa shape index (κ2) is 13.8. The Balaban J connectivity index is 1.03. The van der Waals surface area contributed by atoms with Gasteiger partial charge in [-0.2, -0.15) is 0 Å². The van der Waals surface area contributed by atoms with E-state index in [0.717, 1.165) is 18.1 Å². The molecule has 232 valence electrons. The summed E-state index contributed by atoms with van der Waals surface area (Å²) >= 11 is 15.8. The third-order valence-corrected chi connectivity index (χ3v) is 10.3. The van der Waals surface area contributed by atoms with E-state index >= 15 is 0 Å². The van der Waals surface area contributed by atoms with Gasteiger partial charge in [0.25, 0.3) is 5.91 Å². The minimum absolute atomic E-state index is 0.0443. The highest BCUT2D eigenvalue weighted by molar-refractivity contribution is 7.98. The van der Waals surface area contributed by atoms with Gasteiger partial charge < -0.3 is 9.32 Å². The number of furan rings is 1. The van der Waals surface area contributed by atoms with E-state index in [0.29, 0.717) is 57.0 Å². The Kier molecular flexibility index (Phi) is 9.23. The fraction of sp³-hybridized carbons (Fsp3) is 0.176. The predicted octanol–water partition coefficient (Wildman–Crippen LogP) is 8.13. The van der Waals surface area contributed by atoms with Crippen LogP contribution in [-0.2, 0) is 5.75 Å². The molecule has 0 saturated carbocycles. The lowest BCUT2D eigenvalue weighted by Crippen LogP contribution is -2.50. The van der Waals surface area contributed by atoms with Crippen LogP contribution in [0.3, 0.4) is 0 Å². The van der Waals surface area contributed by atoms with Crippen LogP contribution in [0.4, 0.5) is 0 Å². The average molecular weight is 688 g/mol. The normalized spacial score (nSPS) is 13.8. The third-order valence-electron chi connectivity index (χ3n) is 7.82. The third kappa shape index (κ3) is 6.49. The van der Waals surface area contributed by atoms with Crippen molar-refractivity contribution in [3.8, 4) is 17.3 Å². The van der Waals surface area contributed by atoms with Crippen molar-refractivity contribution in [3.63, 3.8) is 0 Å². The number of halogens is 2. The zero-order chi connectivity index (χ0) is 31.5. The highest BCUT2D eigenvalue weighted by Crippen LogP contribution is 2.35. The number of amides is 1. The Bertz CT molecular complexity index is 1880. The van der Waals surface area contributed by atoms with Crippen molar-refractivity contribution >= 4 is 52.2 Å². The summed E-state index contributed by atoms with van der Waals surface area (Å²) in [7, 11) is 0. The molecule has 0 atom stereocenters. The number of carbonyl (C=O) groups is 1. The quantitative estimate of drug-likeness (QED) is 0.142. The summed E-state index contributed by atoms with van der Waals surface area (Å²) in [6, 6.07) is 30.1. The van der Waals surface area contributed by atoms with Crippen molar-refractivity contribution in [2.45, 2.75) is 17.0 Å². The molecule has 1 aliphatic heterocycles. The Labute approximate surface area is 284 Å². The van der Waals surface area contributed by atoms with Gasteiger partial charge in [-0.25, -0.2) is 4.98 Å². The first-order valence-corrected chi connectivity index (χ1v) is 17.3. The first kappa shape index (κ1) is 30.7. The summed E-state index contributed by atoms with van der Waals surface area (Å²) in [4.78, 5) is 22.6. The molecule has 46 heavy (non-hydrogen) atoms. The number of carbonyl (C=O) groups excluding carboxylic acids is 1. The Hall–Kier alpha value is -3.93. The van der Waals surface area contributed by atoms with Crippen LogP contribution in [0.25, 0.3) is 17.3 Å². The maximum atomic E-state index is 13.5. The van der Waals surface area contributed by atoms with E-state index in [1.165, 1.54) is 34.2 Å².